The number of rotatable bonds is 5. The number of sulfone groups is 1. The molecule has 1 aromatic carbocycles. The second kappa shape index (κ2) is 6.34. The molecule has 0 radical (unpaired) electrons. The minimum atomic E-state index is -3.00. The summed E-state index contributed by atoms with van der Waals surface area (Å²) in [4.78, 5) is 16.3. The van der Waals surface area contributed by atoms with Gasteiger partial charge < -0.3 is 4.74 Å². The number of fused-ring (bicyclic) bond motifs is 1. The minimum Gasteiger partial charge on any atom is -0.461 e. The van der Waals surface area contributed by atoms with Crippen LogP contribution in [0.1, 0.15) is 24.3 Å². The third-order valence-corrected chi connectivity index (χ3v) is 6.43. The van der Waals surface area contributed by atoms with E-state index in [-0.39, 0.29) is 17.5 Å². The molecule has 2 heterocycles. The molecular formula is C15H17NO4S2. The number of aromatic nitrogens is 1. The molecule has 1 aliphatic heterocycles. The van der Waals surface area contributed by atoms with Gasteiger partial charge in [0.15, 0.2) is 9.84 Å². The molecule has 0 bridgehead atoms. The van der Waals surface area contributed by atoms with Gasteiger partial charge in [0, 0.05) is 6.42 Å². The van der Waals surface area contributed by atoms with Gasteiger partial charge in [-0.15, -0.1) is 11.3 Å². The van der Waals surface area contributed by atoms with Crippen LogP contribution in [0.5, 0.6) is 0 Å². The summed E-state index contributed by atoms with van der Waals surface area (Å²) in [5, 5.41) is 1.01. The van der Waals surface area contributed by atoms with E-state index in [0.717, 1.165) is 21.6 Å². The Morgan fingerprint density at radius 3 is 2.91 bits per heavy atom. The highest BCUT2D eigenvalue weighted by Crippen LogP contribution is 2.23. The zero-order chi connectivity index (χ0) is 15.6. The zero-order valence-corrected chi connectivity index (χ0v) is 13.7. The number of aryl methyl sites for hydroxylation is 1. The molecule has 0 amide bonds. The first-order chi connectivity index (χ1) is 10.5. The Hall–Kier alpha value is -1.47. The fourth-order valence-corrected chi connectivity index (χ4v) is 5.11. The van der Waals surface area contributed by atoms with Gasteiger partial charge in [-0.2, -0.15) is 0 Å². The Kier molecular flexibility index (Phi) is 4.44. The molecular weight excluding hydrogens is 322 g/mol. The van der Waals surface area contributed by atoms with Crippen LogP contribution in [0.25, 0.3) is 10.2 Å². The first-order valence-corrected chi connectivity index (χ1v) is 9.90. The highest BCUT2D eigenvalue weighted by Gasteiger charge is 2.30. The molecule has 1 aliphatic rings. The summed E-state index contributed by atoms with van der Waals surface area (Å²) >= 11 is 1.64. The summed E-state index contributed by atoms with van der Waals surface area (Å²) in [5.41, 5.74) is 0.987. The Bertz CT molecular complexity index is 749. The van der Waals surface area contributed by atoms with Crippen LogP contribution in [0.3, 0.4) is 0 Å². The summed E-state index contributed by atoms with van der Waals surface area (Å²) in [6.45, 7) is 0. The highest BCUT2D eigenvalue weighted by atomic mass is 32.2. The van der Waals surface area contributed by atoms with Crippen molar-refractivity contribution in [1.29, 1.82) is 0 Å². The summed E-state index contributed by atoms with van der Waals surface area (Å²) in [7, 11) is -3.00. The van der Waals surface area contributed by atoms with Crippen molar-refractivity contribution in [3.63, 3.8) is 0 Å². The van der Waals surface area contributed by atoms with E-state index in [9.17, 15) is 13.2 Å². The Labute approximate surface area is 133 Å². The third-order valence-electron chi connectivity index (χ3n) is 3.60. The van der Waals surface area contributed by atoms with E-state index in [1.807, 2.05) is 24.3 Å². The lowest BCUT2D eigenvalue weighted by Gasteiger charge is -2.09. The van der Waals surface area contributed by atoms with Gasteiger partial charge >= 0.3 is 5.97 Å². The van der Waals surface area contributed by atoms with Crippen LogP contribution in [0.15, 0.2) is 24.3 Å². The standard InChI is InChI=1S/C15H17NO4S2/c17-15(20-11-8-9-22(18,19)10-11)7-3-6-14-16-12-4-1-2-5-13(12)21-14/h1-2,4-5,11H,3,6-10H2/t11-/m0/s1. The van der Waals surface area contributed by atoms with E-state index >= 15 is 0 Å². The molecule has 1 saturated heterocycles. The predicted molar refractivity (Wildman–Crippen MR) is 85.7 cm³/mol. The number of carbonyl (C=O) groups excluding carboxylic acids is 1. The maximum atomic E-state index is 11.7. The number of para-hydroxylation sites is 1. The number of nitrogens with zero attached hydrogens (tertiary/aromatic N) is 1. The quantitative estimate of drug-likeness (QED) is 0.782. The van der Waals surface area contributed by atoms with Crippen molar-refractivity contribution in [2.45, 2.75) is 31.8 Å². The van der Waals surface area contributed by atoms with Crippen molar-refractivity contribution >= 4 is 37.4 Å². The van der Waals surface area contributed by atoms with Gasteiger partial charge in [-0.1, -0.05) is 12.1 Å². The SMILES string of the molecule is O=C(CCCc1nc2ccccc2s1)O[C@H]1CCS(=O)(=O)C1. The van der Waals surface area contributed by atoms with Crippen LogP contribution in [-0.2, 0) is 25.8 Å². The largest absolute Gasteiger partial charge is 0.461 e. The average Bonchev–Trinajstić information content (AvgIpc) is 3.01. The molecule has 1 atom stereocenters. The molecule has 0 saturated carbocycles. The van der Waals surface area contributed by atoms with Crippen molar-refractivity contribution in [3.05, 3.63) is 29.3 Å². The Morgan fingerprint density at radius 1 is 1.36 bits per heavy atom. The smallest absolute Gasteiger partial charge is 0.306 e. The molecule has 0 unspecified atom stereocenters. The highest BCUT2D eigenvalue weighted by molar-refractivity contribution is 7.91. The van der Waals surface area contributed by atoms with Crippen molar-refractivity contribution in [1.82, 2.24) is 4.98 Å². The molecule has 7 heteroatoms. The van der Waals surface area contributed by atoms with Crippen molar-refractivity contribution in [2.75, 3.05) is 11.5 Å². The molecule has 0 N–H and O–H groups in total. The molecule has 118 valence electrons. The summed E-state index contributed by atoms with van der Waals surface area (Å²) in [6, 6.07) is 7.95. The number of thiazole rings is 1. The number of hydrogen-bond acceptors (Lipinski definition) is 6. The monoisotopic (exact) mass is 339 g/mol. The van der Waals surface area contributed by atoms with Gasteiger partial charge in [0.05, 0.1) is 26.7 Å². The van der Waals surface area contributed by atoms with E-state index in [2.05, 4.69) is 4.98 Å². The second-order valence-electron chi connectivity index (χ2n) is 5.44. The van der Waals surface area contributed by atoms with Crippen molar-refractivity contribution in [2.24, 2.45) is 0 Å². The van der Waals surface area contributed by atoms with Crippen LogP contribution in [0.2, 0.25) is 0 Å². The summed E-state index contributed by atoms with van der Waals surface area (Å²) in [5.74, 6) is -0.226. The van der Waals surface area contributed by atoms with Crippen LogP contribution in [0.4, 0.5) is 0 Å². The number of ether oxygens (including phenoxy) is 1. The van der Waals surface area contributed by atoms with Crippen LogP contribution in [0, 0.1) is 0 Å². The second-order valence-corrected chi connectivity index (χ2v) is 8.79. The molecule has 0 spiro atoms. The van der Waals surface area contributed by atoms with E-state index in [1.54, 1.807) is 11.3 Å². The number of carbonyl (C=O) groups is 1. The van der Waals surface area contributed by atoms with E-state index in [1.165, 1.54) is 0 Å². The van der Waals surface area contributed by atoms with Gasteiger partial charge in [-0.25, -0.2) is 13.4 Å². The van der Waals surface area contributed by atoms with E-state index in [0.29, 0.717) is 19.3 Å². The van der Waals surface area contributed by atoms with Crippen LogP contribution >= 0.6 is 11.3 Å². The molecule has 3 rings (SSSR count). The summed E-state index contributed by atoms with van der Waals surface area (Å²) < 4.78 is 29.0. The molecule has 0 aliphatic carbocycles. The van der Waals surface area contributed by atoms with Gasteiger partial charge in [0.25, 0.3) is 0 Å². The third kappa shape index (κ3) is 3.84. The van der Waals surface area contributed by atoms with E-state index < -0.39 is 15.9 Å². The normalized spacial score (nSPS) is 20.3. The molecule has 1 fully saturated rings. The van der Waals surface area contributed by atoms with Gasteiger partial charge in [-0.05, 0) is 31.4 Å². The van der Waals surface area contributed by atoms with Gasteiger partial charge in [0.2, 0.25) is 0 Å². The Morgan fingerprint density at radius 2 is 2.18 bits per heavy atom. The average molecular weight is 339 g/mol. The Balaban J connectivity index is 1.45. The maximum Gasteiger partial charge on any atom is 0.306 e. The topological polar surface area (TPSA) is 73.3 Å². The number of esters is 1. The molecule has 22 heavy (non-hydrogen) atoms. The number of hydrogen-bond donors (Lipinski definition) is 0. The first-order valence-electron chi connectivity index (χ1n) is 7.26. The number of benzene rings is 1. The predicted octanol–water partition coefficient (Wildman–Crippen LogP) is 2.35. The maximum absolute atomic E-state index is 11.7. The fourth-order valence-electron chi connectivity index (χ4n) is 2.51. The van der Waals surface area contributed by atoms with E-state index in [4.69, 9.17) is 4.74 Å². The van der Waals surface area contributed by atoms with Crippen LogP contribution < -0.4 is 0 Å². The van der Waals surface area contributed by atoms with Crippen molar-refractivity contribution < 1.29 is 17.9 Å². The van der Waals surface area contributed by atoms with Crippen molar-refractivity contribution in [3.8, 4) is 0 Å². The zero-order valence-electron chi connectivity index (χ0n) is 12.0. The molecule has 1 aromatic heterocycles. The van der Waals surface area contributed by atoms with Gasteiger partial charge in [0.1, 0.15) is 6.10 Å². The van der Waals surface area contributed by atoms with Gasteiger partial charge in [-0.3, -0.25) is 4.79 Å². The fraction of sp³-hybridized carbons (Fsp3) is 0.467. The lowest BCUT2D eigenvalue weighted by Crippen LogP contribution is -2.19. The lowest BCUT2D eigenvalue weighted by molar-refractivity contribution is -0.147. The summed E-state index contributed by atoms with van der Waals surface area (Å²) in [6.07, 6.45) is 1.66. The lowest BCUT2D eigenvalue weighted by atomic mass is 10.2. The molecule has 5 nitrogen and oxygen atoms in total. The van der Waals surface area contributed by atoms with Crippen LogP contribution in [-0.4, -0.2) is 37.0 Å². The molecule has 2 aromatic rings. The first kappa shape index (κ1) is 15.4. The minimum absolute atomic E-state index is 0.0311.